The monoisotopic (exact) mass is 401 g/mol. The maximum Gasteiger partial charge on any atom is 0.270 e. The summed E-state index contributed by atoms with van der Waals surface area (Å²) in [5, 5.41) is 3.87. The summed E-state index contributed by atoms with van der Waals surface area (Å²) in [6.45, 7) is 1.42. The van der Waals surface area contributed by atoms with Crippen LogP contribution in [0.1, 0.15) is 34.3 Å². The molecule has 1 N–H and O–H groups in total. The Morgan fingerprint density at radius 1 is 1.21 bits per heavy atom. The molecule has 0 spiro atoms. The van der Waals surface area contributed by atoms with E-state index in [1.54, 1.807) is 38.7 Å². The highest BCUT2D eigenvalue weighted by molar-refractivity contribution is 7.09. The smallest absolute Gasteiger partial charge is 0.270 e. The third-order valence-electron chi connectivity index (χ3n) is 5.18. The highest BCUT2D eigenvalue weighted by Gasteiger charge is 2.28. The number of likely N-dealkylation sites (tertiary alicyclic amines) is 1. The molecule has 3 aromatic rings. The van der Waals surface area contributed by atoms with Gasteiger partial charge in [0, 0.05) is 42.0 Å². The molecule has 1 aromatic carbocycles. The fraction of sp³-hybridized carbons (Fsp3) is 0.400. The number of piperidine rings is 1. The Balaban J connectivity index is 1.67. The maximum atomic E-state index is 13.2. The molecule has 1 amide bonds. The number of ether oxygens (including phenoxy) is 3. The zero-order chi connectivity index (χ0) is 19.7. The molecule has 1 unspecified atom stereocenters. The lowest BCUT2D eigenvalue weighted by molar-refractivity contribution is 0.0702. The number of hydrogen-bond acceptors (Lipinski definition) is 6. The molecule has 0 radical (unpaired) electrons. The van der Waals surface area contributed by atoms with Crippen molar-refractivity contribution in [3.05, 3.63) is 34.4 Å². The normalized spacial score (nSPS) is 17.0. The van der Waals surface area contributed by atoms with Gasteiger partial charge in [-0.15, -0.1) is 11.3 Å². The number of hydrogen-bond donors (Lipinski definition) is 1. The summed E-state index contributed by atoms with van der Waals surface area (Å²) in [4.78, 5) is 22.8. The van der Waals surface area contributed by atoms with Gasteiger partial charge >= 0.3 is 0 Å². The first kappa shape index (κ1) is 18.6. The Morgan fingerprint density at radius 2 is 2.04 bits per heavy atom. The van der Waals surface area contributed by atoms with E-state index in [4.69, 9.17) is 14.2 Å². The summed E-state index contributed by atoms with van der Waals surface area (Å²) in [6.07, 6.45) is 3.85. The quantitative estimate of drug-likeness (QED) is 0.706. The van der Waals surface area contributed by atoms with E-state index in [0.717, 1.165) is 29.8 Å². The number of methoxy groups -OCH3 is 3. The summed E-state index contributed by atoms with van der Waals surface area (Å²) in [5.74, 6) is 2.00. The number of carbonyl (C=O) groups is 1. The number of benzene rings is 1. The number of carbonyl (C=O) groups excluding carboxylic acids is 1. The van der Waals surface area contributed by atoms with Gasteiger partial charge in [-0.05, 0) is 18.9 Å². The summed E-state index contributed by atoms with van der Waals surface area (Å²) in [5.41, 5.74) is 1.20. The standard InChI is InChI=1S/C20H23N3O4S/c1-25-15-10-16(26-2)18(27-3)17-13(15)9-14(22-17)20(24)23-7-4-5-12(11-23)19-21-6-8-28-19/h6,8-10,12,22H,4-5,7,11H2,1-3H3. The first-order chi connectivity index (χ1) is 13.7. The van der Waals surface area contributed by atoms with Crippen LogP contribution in [0.15, 0.2) is 23.7 Å². The zero-order valence-electron chi connectivity index (χ0n) is 16.2. The van der Waals surface area contributed by atoms with Gasteiger partial charge in [0.05, 0.1) is 31.9 Å². The molecule has 8 heteroatoms. The lowest BCUT2D eigenvalue weighted by Gasteiger charge is -2.31. The largest absolute Gasteiger partial charge is 0.496 e. The van der Waals surface area contributed by atoms with Gasteiger partial charge in [-0.25, -0.2) is 4.98 Å². The second-order valence-corrected chi connectivity index (χ2v) is 7.67. The van der Waals surface area contributed by atoms with Crippen molar-refractivity contribution in [1.29, 1.82) is 0 Å². The lowest BCUT2D eigenvalue weighted by atomic mass is 9.98. The van der Waals surface area contributed by atoms with E-state index in [-0.39, 0.29) is 5.91 Å². The molecule has 1 aliphatic heterocycles. The van der Waals surface area contributed by atoms with Crippen LogP contribution in [0.3, 0.4) is 0 Å². The number of fused-ring (bicyclic) bond motifs is 1. The van der Waals surface area contributed by atoms with Crippen molar-refractivity contribution >= 4 is 28.1 Å². The SMILES string of the molecule is COc1cc(OC)c2cc(C(=O)N3CCCC(c4nccs4)C3)[nH]c2c1OC. The molecule has 28 heavy (non-hydrogen) atoms. The first-order valence-corrected chi connectivity index (χ1v) is 10.0. The van der Waals surface area contributed by atoms with Crippen LogP contribution in [0.2, 0.25) is 0 Å². The molecule has 148 valence electrons. The van der Waals surface area contributed by atoms with Crippen LogP contribution in [-0.2, 0) is 0 Å². The molecular weight excluding hydrogens is 378 g/mol. The highest BCUT2D eigenvalue weighted by Crippen LogP contribution is 2.41. The molecule has 4 rings (SSSR count). The van der Waals surface area contributed by atoms with Gasteiger partial charge in [0.25, 0.3) is 5.91 Å². The summed E-state index contributed by atoms with van der Waals surface area (Å²) in [6, 6.07) is 3.59. The Hall–Kier alpha value is -2.74. The minimum Gasteiger partial charge on any atom is -0.496 e. The van der Waals surface area contributed by atoms with Gasteiger partial charge < -0.3 is 24.1 Å². The second kappa shape index (κ2) is 7.71. The van der Waals surface area contributed by atoms with Crippen LogP contribution in [-0.4, -0.2) is 55.2 Å². The number of thiazole rings is 1. The van der Waals surface area contributed by atoms with Crippen LogP contribution in [0.5, 0.6) is 17.2 Å². The second-order valence-electron chi connectivity index (χ2n) is 6.75. The fourth-order valence-corrected chi connectivity index (χ4v) is 4.59. The molecule has 1 aliphatic rings. The fourth-order valence-electron chi connectivity index (χ4n) is 3.82. The predicted octanol–water partition coefficient (Wildman–Crippen LogP) is 3.67. The molecule has 0 saturated carbocycles. The van der Waals surface area contributed by atoms with Crippen molar-refractivity contribution in [2.45, 2.75) is 18.8 Å². The molecule has 1 saturated heterocycles. The Bertz CT molecular complexity index is 983. The van der Waals surface area contributed by atoms with Gasteiger partial charge in [-0.2, -0.15) is 0 Å². The summed E-state index contributed by atoms with van der Waals surface area (Å²) < 4.78 is 16.4. The van der Waals surface area contributed by atoms with Crippen LogP contribution < -0.4 is 14.2 Å². The predicted molar refractivity (Wildman–Crippen MR) is 108 cm³/mol. The topological polar surface area (TPSA) is 76.7 Å². The van der Waals surface area contributed by atoms with Crippen molar-refractivity contribution in [3.8, 4) is 17.2 Å². The molecule has 3 heterocycles. The summed E-state index contributed by atoms with van der Waals surface area (Å²) >= 11 is 1.65. The Kier molecular flexibility index (Phi) is 5.13. The highest BCUT2D eigenvalue weighted by atomic mass is 32.1. The van der Waals surface area contributed by atoms with E-state index < -0.39 is 0 Å². The van der Waals surface area contributed by atoms with Gasteiger partial charge in [0.15, 0.2) is 11.5 Å². The molecule has 1 fully saturated rings. The van der Waals surface area contributed by atoms with Gasteiger partial charge in [0.2, 0.25) is 0 Å². The number of rotatable bonds is 5. The van der Waals surface area contributed by atoms with Crippen molar-refractivity contribution in [3.63, 3.8) is 0 Å². The number of nitrogens with zero attached hydrogens (tertiary/aromatic N) is 2. The van der Waals surface area contributed by atoms with E-state index in [9.17, 15) is 4.79 Å². The van der Waals surface area contributed by atoms with E-state index in [1.165, 1.54) is 0 Å². The minimum atomic E-state index is -0.0273. The molecule has 7 nitrogen and oxygen atoms in total. The van der Waals surface area contributed by atoms with E-state index in [1.807, 2.05) is 22.5 Å². The molecule has 1 atom stereocenters. The molecular formula is C20H23N3O4S. The van der Waals surface area contributed by atoms with Crippen molar-refractivity contribution < 1.29 is 19.0 Å². The number of aromatic amines is 1. The van der Waals surface area contributed by atoms with Crippen LogP contribution in [0.25, 0.3) is 10.9 Å². The number of nitrogens with one attached hydrogen (secondary N) is 1. The number of H-pyrrole nitrogens is 1. The van der Waals surface area contributed by atoms with Gasteiger partial charge in [-0.1, -0.05) is 0 Å². The zero-order valence-corrected chi connectivity index (χ0v) is 17.0. The third kappa shape index (κ3) is 3.17. The molecule has 0 aliphatic carbocycles. The number of aromatic nitrogens is 2. The maximum absolute atomic E-state index is 13.2. The number of amides is 1. The van der Waals surface area contributed by atoms with E-state index in [2.05, 4.69) is 9.97 Å². The van der Waals surface area contributed by atoms with Gasteiger partial charge in [-0.3, -0.25) is 4.79 Å². The Labute approximate surface area is 167 Å². The lowest BCUT2D eigenvalue weighted by Crippen LogP contribution is -2.39. The van der Waals surface area contributed by atoms with Gasteiger partial charge in [0.1, 0.15) is 11.4 Å². The third-order valence-corrected chi connectivity index (χ3v) is 6.12. The molecule has 2 aromatic heterocycles. The average Bonchev–Trinajstić information content (AvgIpc) is 3.42. The van der Waals surface area contributed by atoms with Crippen molar-refractivity contribution in [2.75, 3.05) is 34.4 Å². The van der Waals surface area contributed by atoms with E-state index >= 15 is 0 Å². The van der Waals surface area contributed by atoms with Crippen LogP contribution in [0.4, 0.5) is 0 Å². The minimum absolute atomic E-state index is 0.0273. The molecule has 0 bridgehead atoms. The summed E-state index contributed by atoms with van der Waals surface area (Å²) in [7, 11) is 4.75. The Morgan fingerprint density at radius 3 is 2.71 bits per heavy atom. The van der Waals surface area contributed by atoms with Crippen LogP contribution in [0, 0.1) is 0 Å². The van der Waals surface area contributed by atoms with E-state index in [0.29, 0.717) is 40.9 Å². The first-order valence-electron chi connectivity index (χ1n) is 9.16. The van der Waals surface area contributed by atoms with Crippen LogP contribution >= 0.6 is 11.3 Å². The van der Waals surface area contributed by atoms with Crippen molar-refractivity contribution in [2.24, 2.45) is 0 Å². The average molecular weight is 401 g/mol. The van der Waals surface area contributed by atoms with Crippen molar-refractivity contribution in [1.82, 2.24) is 14.9 Å².